The fraction of sp³-hybridized carbons (Fsp3) is 0.292. The number of benzene rings is 3. The third kappa shape index (κ3) is 3.52. The van der Waals surface area contributed by atoms with Crippen molar-refractivity contribution >= 4 is 16.7 Å². The molecule has 0 amide bonds. The number of esters is 1. The van der Waals surface area contributed by atoms with Crippen LogP contribution in [0.1, 0.15) is 15.9 Å². The molecule has 0 saturated carbocycles. The van der Waals surface area contributed by atoms with Gasteiger partial charge in [-0.3, -0.25) is 0 Å². The van der Waals surface area contributed by atoms with Crippen molar-refractivity contribution in [1.29, 1.82) is 0 Å². The predicted molar refractivity (Wildman–Crippen MR) is 116 cm³/mol. The van der Waals surface area contributed by atoms with Crippen LogP contribution < -0.4 is 4.74 Å². The topological polar surface area (TPSA) is 166 Å². The van der Waals surface area contributed by atoms with Crippen LogP contribution in [0.3, 0.4) is 0 Å². The average molecular weight is 470 g/mol. The molecule has 10 heteroatoms. The van der Waals surface area contributed by atoms with Gasteiger partial charge >= 0.3 is 5.97 Å². The minimum Gasteiger partial charge on any atom is -0.508 e. The summed E-state index contributed by atoms with van der Waals surface area (Å²) in [5.41, 5.74) is 1.96. The van der Waals surface area contributed by atoms with Crippen LogP contribution >= 0.6 is 0 Å². The zero-order chi connectivity index (χ0) is 24.1. The van der Waals surface area contributed by atoms with Crippen LogP contribution in [0, 0.1) is 0 Å². The molecule has 3 aromatic rings. The van der Waals surface area contributed by atoms with Crippen molar-refractivity contribution < 1.29 is 49.6 Å². The van der Waals surface area contributed by atoms with Gasteiger partial charge < -0.3 is 44.8 Å². The summed E-state index contributed by atoms with van der Waals surface area (Å²) < 4.78 is 16.5. The lowest BCUT2D eigenvalue weighted by Gasteiger charge is -2.39. The second-order valence-electron chi connectivity index (χ2n) is 8.23. The molecule has 0 unspecified atom stereocenters. The maximum atomic E-state index is 12.5. The fourth-order valence-electron chi connectivity index (χ4n) is 4.39. The molecule has 178 valence electrons. The number of hydrogen-bond donors (Lipinski definition) is 6. The first-order valence-corrected chi connectivity index (χ1v) is 10.6. The third-order valence-corrected chi connectivity index (χ3v) is 6.14. The molecule has 0 aromatic heterocycles. The van der Waals surface area contributed by atoms with Crippen molar-refractivity contribution in [3.63, 3.8) is 0 Å². The van der Waals surface area contributed by atoms with E-state index in [1.807, 2.05) is 0 Å². The molecular weight excluding hydrogens is 448 g/mol. The first-order valence-electron chi connectivity index (χ1n) is 10.6. The van der Waals surface area contributed by atoms with Gasteiger partial charge in [-0.15, -0.1) is 0 Å². The molecule has 0 radical (unpaired) electrons. The van der Waals surface area contributed by atoms with Gasteiger partial charge in [0.1, 0.15) is 36.8 Å². The zero-order valence-electron chi connectivity index (χ0n) is 17.7. The number of rotatable bonds is 4. The number of phenolic OH excluding ortho intramolecular Hbond substituents is 2. The molecule has 10 nitrogen and oxygen atoms in total. The minimum atomic E-state index is -1.70. The summed E-state index contributed by atoms with van der Waals surface area (Å²) in [7, 11) is 0. The van der Waals surface area contributed by atoms with Crippen molar-refractivity contribution in [2.75, 3.05) is 6.61 Å². The maximum absolute atomic E-state index is 12.5. The standard InChI is InChI=1S/C24H22O10/c25-8-16-19(28)20(29)21(30)24(33-16)34-22-15(27)7-11-9-32-23(31)14-6-5-13(18(22)17(11)14)10-1-3-12(26)4-2-10/h1-7,16,19-21,24-30H,8-9H2/t16-,19-,20+,21-,24+/m1/s1. The van der Waals surface area contributed by atoms with E-state index in [0.29, 0.717) is 27.5 Å². The van der Waals surface area contributed by atoms with Gasteiger partial charge in [0.15, 0.2) is 11.5 Å². The Hall–Kier alpha value is -3.41. The third-order valence-electron chi connectivity index (χ3n) is 6.14. The van der Waals surface area contributed by atoms with Crippen molar-refractivity contribution in [2.24, 2.45) is 0 Å². The lowest BCUT2D eigenvalue weighted by atomic mass is 9.90. The van der Waals surface area contributed by atoms with Crippen LogP contribution in [0.4, 0.5) is 0 Å². The first-order chi connectivity index (χ1) is 16.3. The van der Waals surface area contributed by atoms with Gasteiger partial charge in [0, 0.05) is 16.3 Å². The minimum absolute atomic E-state index is 0.0516. The van der Waals surface area contributed by atoms with Crippen LogP contribution in [-0.2, 0) is 16.1 Å². The van der Waals surface area contributed by atoms with Gasteiger partial charge in [0.2, 0.25) is 6.29 Å². The second-order valence-corrected chi connectivity index (χ2v) is 8.23. The van der Waals surface area contributed by atoms with E-state index in [-0.39, 0.29) is 29.4 Å². The number of cyclic esters (lactones) is 1. The summed E-state index contributed by atoms with van der Waals surface area (Å²) in [4.78, 5) is 12.5. The average Bonchev–Trinajstić information content (AvgIpc) is 2.83. The summed E-state index contributed by atoms with van der Waals surface area (Å²) in [5.74, 6) is -0.979. The van der Waals surface area contributed by atoms with Crippen LogP contribution in [0.2, 0.25) is 0 Å². The molecule has 0 spiro atoms. The molecule has 1 saturated heterocycles. The fourth-order valence-corrected chi connectivity index (χ4v) is 4.39. The maximum Gasteiger partial charge on any atom is 0.339 e. The Morgan fingerprint density at radius 3 is 2.32 bits per heavy atom. The first kappa shape index (κ1) is 22.4. The number of ether oxygens (including phenoxy) is 3. The lowest BCUT2D eigenvalue weighted by molar-refractivity contribution is -0.277. The van der Waals surface area contributed by atoms with Crippen LogP contribution in [0.15, 0.2) is 42.5 Å². The Morgan fingerprint density at radius 2 is 1.62 bits per heavy atom. The highest BCUT2D eigenvalue weighted by Gasteiger charge is 2.45. The number of carbonyl (C=O) groups excluding carboxylic acids is 1. The largest absolute Gasteiger partial charge is 0.508 e. The number of aliphatic hydroxyl groups is 4. The number of hydrogen-bond acceptors (Lipinski definition) is 10. The van der Waals surface area contributed by atoms with Crippen LogP contribution in [0.25, 0.3) is 21.9 Å². The normalized spacial score (nSPS) is 26.4. The molecule has 3 aromatic carbocycles. The van der Waals surface area contributed by atoms with E-state index in [0.717, 1.165) is 0 Å². The highest BCUT2D eigenvalue weighted by atomic mass is 16.7. The van der Waals surface area contributed by atoms with E-state index >= 15 is 0 Å². The van der Waals surface area contributed by atoms with E-state index in [1.54, 1.807) is 24.3 Å². The SMILES string of the molecule is O=C1OCc2cc(O)c(O[C@@H]3O[C@H](CO)[C@@H](O)[C@H](O)[C@H]3O)c3c(-c4ccc(O)cc4)ccc1c23. The molecule has 5 rings (SSSR count). The molecule has 6 N–H and O–H groups in total. The number of aliphatic hydroxyl groups excluding tert-OH is 4. The smallest absolute Gasteiger partial charge is 0.339 e. The highest BCUT2D eigenvalue weighted by molar-refractivity contribution is 6.14. The van der Waals surface area contributed by atoms with Crippen molar-refractivity contribution in [3.8, 4) is 28.4 Å². The summed E-state index contributed by atoms with van der Waals surface area (Å²) in [6, 6.07) is 10.9. The molecule has 0 bridgehead atoms. The van der Waals surface area contributed by atoms with Gasteiger partial charge in [-0.05, 0) is 35.4 Å². The van der Waals surface area contributed by atoms with E-state index in [9.17, 15) is 35.4 Å². The van der Waals surface area contributed by atoms with Crippen molar-refractivity contribution in [1.82, 2.24) is 0 Å². The Labute approximate surface area is 192 Å². The Morgan fingerprint density at radius 1 is 0.912 bits per heavy atom. The highest BCUT2D eigenvalue weighted by Crippen LogP contribution is 2.46. The van der Waals surface area contributed by atoms with Gasteiger partial charge in [-0.1, -0.05) is 18.2 Å². The molecule has 34 heavy (non-hydrogen) atoms. The Kier molecular flexibility index (Phi) is 5.54. The second kappa shape index (κ2) is 8.42. The van der Waals surface area contributed by atoms with Gasteiger partial charge in [-0.25, -0.2) is 4.79 Å². The van der Waals surface area contributed by atoms with Crippen molar-refractivity contribution in [2.45, 2.75) is 37.3 Å². The summed E-state index contributed by atoms with van der Waals surface area (Å²) in [5, 5.41) is 61.5. The van der Waals surface area contributed by atoms with Gasteiger partial charge in [0.25, 0.3) is 0 Å². The molecular formula is C24H22O10. The molecule has 2 aliphatic rings. The summed E-state index contributed by atoms with van der Waals surface area (Å²) >= 11 is 0. The monoisotopic (exact) mass is 470 g/mol. The quantitative estimate of drug-likeness (QED) is 0.300. The lowest BCUT2D eigenvalue weighted by Crippen LogP contribution is -2.60. The Bertz CT molecular complexity index is 1250. The van der Waals surface area contributed by atoms with Crippen molar-refractivity contribution in [3.05, 3.63) is 53.6 Å². The summed E-state index contributed by atoms with van der Waals surface area (Å²) in [6.07, 6.45) is -7.72. The zero-order valence-corrected chi connectivity index (χ0v) is 17.7. The van der Waals surface area contributed by atoms with Gasteiger partial charge in [-0.2, -0.15) is 0 Å². The Balaban J connectivity index is 1.71. The molecule has 2 aliphatic heterocycles. The molecule has 1 fully saturated rings. The molecule has 2 heterocycles. The van der Waals surface area contributed by atoms with E-state index in [1.165, 1.54) is 18.2 Å². The van der Waals surface area contributed by atoms with E-state index in [4.69, 9.17) is 14.2 Å². The number of phenols is 2. The molecule has 0 aliphatic carbocycles. The van der Waals surface area contributed by atoms with Crippen LogP contribution in [-0.4, -0.2) is 73.9 Å². The van der Waals surface area contributed by atoms with Gasteiger partial charge in [0.05, 0.1) is 12.2 Å². The number of aromatic hydroxyl groups is 2. The van der Waals surface area contributed by atoms with E-state index < -0.39 is 43.3 Å². The van der Waals surface area contributed by atoms with E-state index in [2.05, 4.69) is 0 Å². The number of carbonyl (C=O) groups is 1. The predicted octanol–water partition coefficient (Wildman–Crippen LogP) is 0.767. The summed E-state index contributed by atoms with van der Waals surface area (Å²) in [6.45, 7) is -0.722. The van der Waals surface area contributed by atoms with Crippen LogP contribution in [0.5, 0.6) is 17.2 Å². The molecule has 5 atom stereocenters.